The number of ether oxygens (including phenoxy) is 1. The number of rotatable bonds is 8. The third-order valence-electron chi connectivity index (χ3n) is 5.53. The Bertz CT molecular complexity index is 1250. The zero-order valence-corrected chi connectivity index (χ0v) is 22.6. The van der Waals surface area contributed by atoms with Gasteiger partial charge in [-0.3, -0.25) is 9.78 Å². The highest BCUT2D eigenvalue weighted by molar-refractivity contribution is 7.97. The number of aromatic nitrogens is 3. The van der Waals surface area contributed by atoms with Crippen LogP contribution in [0.15, 0.2) is 53.6 Å². The Balaban J connectivity index is 0.000000934. The molecule has 0 unspecified atom stereocenters. The number of nitrogens with one attached hydrogen (secondary N) is 1. The summed E-state index contributed by atoms with van der Waals surface area (Å²) >= 11 is 1.66. The van der Waals surface area contributed by atoms with Crippen LogP contribution >= 0.6 is 11.9 Å². The maximum Gasteiger partial charge on any atom is 0.257 e. The fraction of sp³-hybridized carbons (Fsp3) is 0.333. The highest BCUT2D eigenvalue weighted by Crippen LogP contribution is 2.26. The van der Waals surface area contributed by atoms with Gasteiger partial charge in [0, 0.05) is 68.8 Å². The molecule has 1 saturated heterocycles. The van der Waals surface area contributed by atoms with Crippen LogP contribution in [0.2, 0.25) is 0 Å². The molecule has 4 rings (SSSR count). The molecule has 198 valence electrons. The predicted molar refractivity (Wildman–Crippen MR) is 147 cm³/mol. The summed E-state index contributed by atoms with van der Waals surface area (Å²) in [5.41, 5.74) is 2.70. The molecule has 0 aliphatic carbocycles. The van der Waals surface area contributed by atoms with Crippen LogP contribution in [0.1, 0.15) is 34.4 Å². The van der Waals surface area contributed by atoms with Crippen LogP contribution in [0.25, 0.3) is 0 Å². The van der Waals surface area contributed by atoms with Crippen molar-refractivity contribution in [2.75, 3.05) is 50.1 Å². The second-order valence-corrected chi connectivity index (χ2v) is 9.41. The predicted octanol–water partition coefficient (Wildman–Crippen LogP) is 3.53. The first-order valence-corrected chi connectivity index (χ1v) is 13.0. The molecule has 1 amide bonds. The second-order valence-electron chi connectivity index (χ2n) is 8.24. The molecule has 1 aliphatic rings. The van der Waals surface area contributed by atoms with E-state index in [1.54, 1.807) is 43.5 Å². The summed E-state index contributed by atoms with van der Waals surface area (Å²) < 4.78 is 6.81. The topological polar surface area (TPSA) is 124 Å². The first-order valence-electron chi connectivity index (χ1n) is 12.2. The number of nitriles is 1. The first-order chi connectivity index (χ1) is 18.5. The van der Waals surface area contributed by atoms with Gasteiger partial charge in [-0.05, 0) is 68.3 Å². The van der Waals surface area contributed by atoms with Crippen LogP contribution in [0, 0.1) is 18.3 Å². The van der Waals surface area contributed by atoms with Gasteiger partial charge in [-0.2, -0.15) is 5.26 Å². The summed E-state index contributed by atoms with van der Waals surface area (Å²) in [6.07, 6.45) is 2.41. The molecular weight excluding hydrogens is 502 g/mol. The summed E-state index contributed by atoms with van der Waals surface area (Å²) in [5.74, 6) is 0.311. The van der Waals surface area contributed by atoms with Crippen molar-refractivity contribution >= 4 is 35.8 Å². The normalized spacial score (nSPS) is 13.2. The second kappa shape index (κ2) is 14.8. The quantitative estimate of drug-likeness (QED) is 0.340. The van der Waals surface area contributed by atoms with Gasteiger partial charge in [0.1, 0.15) is 18.0 Å². The lowest BCUT2D eigenvalue weighted by molar-refractivity contribution is -0.107. The Morgan fingerprint density at radius 1 is 1.18 bits per heavy atom. The van der Waals surface area contributed by atoms with E-state index >= 15 is 0 Å². The molecular formula is C27H31N7O3S. The van der Waals surface area contributed by atoms with E-state index in [-0.39, 0.29) is 12.3 Å². The fourth-order valence-electron chi connectivity index (χ4n) is 3.56. The van der Waals surface area contributed by atoms with Gasteiger partial charge < -0.3 is 19.7 Å². The summed E-state index contributed by atoms with van der Waals surface area (Å²) in [7, 11) is 1.68. The molecule has 0 spiro atoms. The average Bonchev–Trinajstić information content (AvgIpc) is 2.94. The molecule has 38 heavy (non-hydrogen) atoms. The van der Waals surface area contributed by atoms with Crippen molar-refractivity contribution in [3.8, 4) is 6.07 Å². The minimum absolute atomic E-state index is 0.0991. The average molecular weight is 534 g/mol. The molecule has 3 aromatic rings. The number of hydrogen-bond donors (Lipinski definition) is 1. The Labute approximate surface area is 227 Å². The maximum absolute atomic E-state index is 12.6. The highest BCUT2D eigenvalue weighted by Gasteiger charge is 2.20. The van der Waals surface area contributed by atoms with Crippen LogP contribution in [-0.4, -0.2) is 71.3 Å². The molecule has 1 N–H and O–H groups in total. The Hall–Kier alpha value is -3.85. The van der Waals surface area contributed by atoms with Gasteiger partial charge in [-0.1, -0.05) is 0 Å². The van der Waals surface area contributed by atoms with E-state index in [0.717, 1.165) is 49.7 Å². The SMILES string of the molecule is CCOC.Cc1cc(C#N)nc(N2CCN(Sc3ccc(NC(=O)c4cccnc4CC=O)cc3)CC2)n1. The summed E-state index contributed by atoms with van der Waals surface area (Å²) in [6.45, 7) is 7.82. The van der Waals surface area contributed by atoms with Crippen molar-refractivity contribution in [1.82, 2.24) is 19.3 Å². The van der Waals surface area contributed by atoms with Gasteiger partial charge in [-0.25, -0.2) is 14.3 Å². The summed E-state index contributed by atoms with van der Waals surface area (Å²) in [5, 5.41) is 12.0. The lowest BCUT2D eigenvalue weighted by Gasteiger charge is -2.33. The molecule has 10 nitrogen and oxygen atoms in total. The molecule has 0 bridgehead atoms. The molecule has 1 fully saturated rings. The van der Waals surface area contributed by atoms with E-state index in [4.69, 9.17) is 5.26 Å². The lowest BCUT2D eigenvalue weighted by atomic mass is 10.1. The number of aryl methyl sites for hydroxylation is 1. The standard InChI is InChI=1S/C24H23N7O2S.C3H8O/c1-17-15-19(16-25)29-24(27-17)30-10-12-31(13-11-30)34-20-6-4-18(5-7-20)28-23(33)21-3-2-9-26-22(21)8-14-32;1-3-4-2/h2-7,9,14-15H,8,10-13H2,1H3,(H,28,33);3H2,1-2H3. The van der Waals surface area contributed by atoms with Crippen LogP contribution in [0.4, 0.5) is 11.6 Å². The number of carbonyl (C=O) groups excluding carboxylic acids is 2. The van der Waals surface area contributed by atoms with Crippen molar-refractivity contribution < 1.29 is 14.3 Å². The van der Waals surface area contributed by atoms with Crippen molar-refractivity contribution in [2.24, 2.45) is 0 Å². The number of pyridine rings is 1. The van der Waals surface area contributed by atoms with Crippen LogP contribution in [0.3, 0.4) is 0 Å². The Morgan fingerprint density at radius 2 is 1.89 bits per heavy atom. The Kier molecular flexibility index (Phi) is 11.2. The smallest absolute Gasteiger partial charge is 0.257 e. The van der Waals surface area contributed by atoms with Gasteiger partial charge in [-0.15, -0.1) is 0 Å². The summed E-state index contributed by atoms with van der Waals surface area (Å²) in [4.78, 5) is 39.5. The van der Waals surface area contributed by atoms with Gasteiger partial charge in [0.05, 0.1) is 11.3 Å². The zero-order chi connectivity index (χ0) is 27.3. The van der Waals surface area contributed by atoms with Crippen molar-refractivity contribution in [2.45, 2.75) is 25.2 Å². The number of hydrogen-bond acceptors (Lipinski definition) is 10. The lowest BCUT2D eigenvalue weighted by Crippen LogP contribution is -2.44. The monoisotopic (exact) mass is 533 g/mol. The van der Waals surface area contributed by atoms with Crippen molar-refractivity contribution in [1.29, 1.82) is 5.26 Å². The fourth-order valence-corrected chi connectivity index (χ4v) is 4.47. The Morgan fingerprint density at radius 3 is 2.53 bits per heavy atom. The first kappa shape index (κ1) is 28.7. The zero-order valence-electron chi connectivity index (χ0n) is 21.8. The van der Waals surface area contributed by atoms with E-state index < -0.39 is 0 Å². The molecule has 0 atom stereocenters. The van der Waals surface area contributed by atoms with E-state index in [0.29, 0.717) is 28.6 Å². The number of methoxy groups -OCH3 is 1. The molecule has 0 radical (unpaired) electrons. The molecule has 0 saturated carbocycles. The van der Waals surface area contributed by atoms with Gasteiger partial charge >= 0.3 is 0 Å². The number of aldehydes is 1. The molecule has 1 aliphatic heterocycles. The number of nitrogens with zero attached hydrogens (tertiary/aromatic N) is 6. The third-order valence-corrected chi connectivity index (χ3v) is 6.63. The van der Waals surface area contributed by atoms with E-state index in [1.165, 1.54) is 0 Å². The highest BCUT2D eigenvalue weighted by atomic mass is 32.2. The minimum atomic E-state index is -0.292. The number of piperazine rings is 1. The van der Waals surface area contributed by atoms with Crippen molar-refractivity contribution in [3.63, 3.8) is 0 Å². The van der Waals surface area contributed by atoms with E-state index in [2.05, 4.69) is 40.3 Å². The van der Waals surface area contributed by atoms with E-state index in [9.17, 15) is 9.59 Å². The minimum Gasteiger partial charge on any atom is -0.385 e. The van der Waals surface area contributed by atoms with Crippen LogP contribution < -0.4 is 10.2 Å². The van der Waals surface area contributed by atoms with Gasteiger partial charge in [0.2, 0.25) is 5.95 Å². The van der Waals surface area contributed by atoms with Gasteiger partial charge in [0.15, 0.2) is 0 Å². The largest absolute Gasteiger partial charge is 0.385 e. The molecule has 1 aromatic carbocycles. The van der Waals surface area contributed by atoms with E-state index in [1.807, 2.05) is 38.1 Å². The molecule has 11 heteroatoms. The number of carbonyl (C=O) groups is 2. The molecule has 3 heterocycles. The number of anilines is 2. The summed E-state index contributed by atoms with van der Waals surface area (Å²) in [6, 6.07) is 14.7. The van der Waals surface area contributed by atoms with Crippen LogP contribution in [0.5, 0.6) is 0 Å². The third kappa shape index (κ3) is 8.34. The van der Waals surface area contributed by atoms with Crippen LogP contribution in [-0.2, 0) is 16.0 Å². The van der Waals surface area contributed by atoms with Crippen molar-refractivity contribution in [3.05, 3.63) is 71.3 Å². The molecule has 2 aromatic heterocycles. The number of amides is 1. The van der Waals surface area contributed by atoms with Gasteiger partial charge in [0.25, 0.3) is 5.91 Å². The number of benzene rings is 1. The maximum atomic E-state index is 12.6.